The number of ether oxygens (including phenoxy) is 1. The highest BCUT2D eigenvalue weighted by Crippen LogP contribution is 2.17. The maximum atomic E-state index is 12.3. The molecular weight excluding hydrogens is 384 g/mol. The van der Waals surface area contributed by atoms with Gasteiger partial charge in [0.05, 0.1) is 4.90 Å². The van der Waals surface area contributed by atoms with Crippen molar-refractivity contribution in [1.29, 1.82) is 0 Å². The number of nitrogen functional groups attached to an aromatic ring is 1. The number of halogens is 1. The molecule has 0 aromatic heterocycles. The van der Waals surface area contributed by atoms with Crippen molar-refractivity contribution < 1.29 is 13.2 Å². The molecule has 0 spiro atoms. The molecule has 0 radical (unpaired) electrons. The highest BCUT2D eigenvalue weighted by atomic mass is 35.5. The number of hydrogen-bond acceptors (Lipinski definition) is 4. The highest BCUT2D eigenvalue weighted by molar-refractivity contribution is 7.89. The lowest BCUT2D eigenvalue weighted by Crippen LogP contribution is -2.23. The van der Waals surface area contributed by atoms with Gasteiger partial charge in [0.1, 0.15) is 12.4 Å². The summed E-state index contributed by atoms with van der Waals surface area (Å²) in [5.74, 6) is 0.704. The Balaban J connectivity index is 1.55. The molecule has 3 N–H and O–H groups in total. The third-order valence-corrected chi connectivity index (χ3v) is 5.57. The van der Waals surface area contributed by atoms with Gasteiger partial charge in [-0.1, -0.05) is 35.9 Å². The van der Waals surface area contributed by atoms with Crippen molar-refractivity contribution in [2.24, 2.45) is 0 Å². The first-order valence-corrected chi connectivity index (χ1v) is 10.1. The fourth-order valence-corrected chi connectivity index (χ4v) is 3.50. The Morgan fingerprint density at radius 1 is 0.852 bits per heavy atom. The molecule has 0 fully saturated rings. The third-order valence-electron chi connectivity index (χ3n) is 3.90. The van der Waals surface area contributed by atoms with Crippen LogP contribution in [0.5, 0.6) is 5.75 Å². The van der Waals surface area contributed by atoms with Gasteiger partial charge in [-0.15, -0.1) is 0 Å². The summed E-state index contributed by atoms with van der Waals surface area (Å²) >= 11 is 5.86. The molecule has 0 atom stereocenters. The minimum Gasteiger partial charge on any atom is -0.489 e. The van der Waals surface area contributed by atoms with Gasteiger partial charge in [0.15, 0.2) is 0 Å². The van der Waals surface area contributed by atoms with Crippen LogP contribution in [0.2, 0.25) is 5.02 Å². The fourth-order valence-electron chi connectivity index (χ4n) is 2.36. The molecule has 27 heavy (non-hydrogen) atoms. The lowest BCUT2D eigenvalue weighted by atomic mass is 10.2. The Morgan fingerprint density at radius 3 is 2.07 bits per heavy atom. The van der Waals surface area contributed by atoms with E-state index in [9.17, 15) is 8.42 Å². The first-order valence-electron chi connectivity index (χ1n) is 8.24. The van der Waals surface area contributed by atoms with Crippen LogP contribution in [-0.4, -0.2) is 8.42 Å². The van der Waals surface area contributed by atoms with Crippen LogP contribution in [0.3, 0.4) is 0 Å². The monoisotopic (exact) mass is 402 g/mol. The third kappa shape index (κ3) is 5.47. The zero-order valence-corrected chi connectivity index (χ0v) is 16.0. The summed E-state index contributed by atoms with van der Waals surface area (Å²) in [6, 6.07) is 20.8. The second-order valence-corrected chi connectivity index (χ2v) is 8.16. The topological polar surface area (TPSA) is 81.4 Å². The van der Waals surface area contributed by atoms with E-state index in [2.05, 4.69) is 4.72 Å². The molecule has 0 amide bonds. The lowest BCUT2D eigenvalue weighted by Gasteiger charge is -2.09. The molecule has 7 heteroatoms. The summed E-state index contributed by atoms with van der Waals surface area (Å²) in [6.07, 6.45) is 0. The summed E-state index contributed by atoms with van der Waals surface area (Å²) in [5, 5.41) is 0.685. The summed E-state index contributed by atoms with van der Waals surface area (Å²) in [4.78, 5) is 0.180. The molecule has 0 saturated heterocycles. The van der Waals surface area contributed by atoms with Crippen molar-refractivity contribution in [3.63, 3.8) is 0 Å². The van der Waals surface area contributed by atoms with E-state index in [1.807, 2.05) is 48.5 Å². The quantitative estimate of drug-likeness (QED) is 0.585. The largest absolute Gasteiger partial charge is 0.489 e. The van der Waals surface area contributed by atoms with Crippen molar-refractivity contribution in [2.45, 2.75) is 18.0 Å². The normalized spacial score (nSPS) is 11.3. The van der Waals surface area contributed by atoms with E-state index in [0.717, 1.165) is 11.1 Å². The maximum absolute atomic E-state index is 12.3. The first kappa shape index (κ1) is 19.2. The van der Waals surface area contributed by atoms with E-state index >= 15 is 0 Å². The summed E-state index contributed by atoms with van der Waals surface area (Å²) in [5.41, 5.74) is 7.94. The fraction of sp³-hybridized carbons (Fsp3) is 0.100. The molecular formula is C20H19ClN2O3S. The summed E-state index contributed by atoms with van der Waals surface area (Å²) in [7, 11) is -3.58. The molecule has 0 heterocycles. The second-order valence-electron chi connectivity index (χ2n) is 5.95. The highest BCUT2D eigenvalue weighted by Gasteiger charge is 2.13. The Labute approximate surface area is 163 Å². The average molecular weight is 403 g/mol. The van der Waals surface area contributed by atoms with E-state index in [1.165, 1.54) is 12.1 Å². The van der Waals surface area contributed by atoms with E-state index < -0.39 is 10.0 Å². The van der Waals surface area contributed by atoms with Crippen molar-refractivity contribution in [3.8, 4) is 5.75 Å². The molecule has 3 aromatic carbocycles. The van der Waals surface area contributed by atoms with Crippen LogP contribution in [0.4, 0.5) is 5.69 Å². The van der Waals surface area contributed by atoms with Gasteiger partial charge in [0.25, 0.3) is 0 Å². The Morgan fingerprint density at radius 2 is 1.44 bits per heavy atom. The van der Waals surface area contributed by atoms with Crippen molar-refractivity contribution in [3.05, 3.63) is 88.9 Å². The number of rotatable bonds is 7. The van der Waals surface area contributed by atoms with Crippen LogP contribution in [0.15, 0.2) is 77.7 Å². The number of hydrogen-bond donors (Lipinski definition) is 2. The number of nitrogens with two attached hydrogens (primary N) is 1. The van der Waals surface area contributed by atoms with Gasteiger partial charge in [-0.2, -0.15) is 0 Å². The first-order chi connectivity index (χ1) is 12.9. The lowest BCUT2D eigenvalue weighted by molar-refractivity contribution is 0.306. The predicted molar refractivity (Wildman–Crippen MR) is 107 cm³/mol. The van der Waals surface area contributed by atoms with Gasteiger partial charge < -0.3 is 10.5 Å². The van der Waals surface area contributed by atoms with Gasteiger partial charge in [-0.25, -0.2) is 13.1 Å². The predicted octanol–water partition coefficient (Wildman–Crippen LogP) is 3.98. The maximum Gasteiger partial charge on any atom is 0.240 e. The van der Waals surface area contributed by atoms with E-state index in [-0.39, 0.29) is 11.4 Å². The number of sulfonamides is 1. The summed E-state index contributed by atoms with van der Waals surface area (Å²) < 4.78 is 32.9. The van der Waals surface area contributed by atoms with Crippen molar-refractivity contribution in [1.82, 2.24) is 4.72 Å². The molecule has 0 aliphatic rings. The molecule has 5 nitrogen and oxygen atoms in total. The molecule has 140 valence electrons. The van der Waals surface area contributed by atoms with Gasteiger partial charge in [0.2, 0.25) is 10.0 Å². The van der Waals surface area contributed by atoms with Gasteiger partial charge in [-0.3, -0.25) is 0 Å². The van der Waals surface area contributed by atoms with E-state index in [0.29, 0.717) is 23.1 Å². The van der Waals surface area contributed by atoms with Crippen LogP contribution in [0.25, 0.3) is 0 Å². The minimum absolute atomic E-state index is 0.180. The molecule has 0 unspecified atom stereocenters. The Kier molecular flexibility index (Phi) is 6.01. The zero-order chi connectivity index (χ0) is 19.3. The Hall–Kier alpha value is -2.54. The van der Waals surface area contributed by atoms with Gasteiger partial charge in [0, 0.05) is 17.3 Å². The van der Waals surface area contributed by atoms with Gasteiger partial charge >= 0.3 is 0 Å². The van der Waals surface area contributed by atoms with Crippen molar-refractivity contribution >= 4 is 27.3 Å². The van der Waals surface area contributed by atoms with Crippen LogP contribution in [-0.2, 0) is 23.2 Å². The molecule has 0 aliphatic carbocycles. The molecule has 0 saturated carbocycles. The Bertz CT molecular complexity index is 987. The molecule has 3 aromatic rings. The van der Waals surface area contributed by atoms with E-state index in [1.54, 1.807) is 12.1 Å². The summed E-state index contributed by atoms with van der Waals surface area (Å²) in [6.45, 7) is 0.616. The number of nitrogens with one attached hydrogen (secondary N) is 1. The number of benzene rings is 3. The van der Waals surface area contributed by atoms with Crippen LogP contribution in [0.1, 0.15) is 11.1 Å². The van der Waals surface area contributed by atoms with Crippen LogP contribution in [0, 0.1) is 0 Å². The van der Waals surface area contributed by atoms with Crippen LogP contribution >= 0.6 is 11.6 Å². The molecule has 3 rings (SSSR count). The standard InChI is InChI=1S/C20H19ClN2O3S/c21-17-5-1-16(2-6-17)14-26-19-9-3-15(4-10-19)13-23-27(24,25)20-11-7-18(22)8-12-20/h1-12,23H,13-14,22H2. The van der Waals surface area contributed by atoms with Crippen molar-refractivity contribution in [2.75, 3.05) is 5.73 Å². The zero-order valence-electron chi connectivity index (χ0n) is 14.4. The van der Waals surface area contributed by atoms with Gasteiger partial charge in [-0.05, 0) is 59.7 Å². The molecule has 0 bridgehead atoms. The minimum atomic E-state index is -3.58. The number of anilines is 1. The van der Waals surface area contributed by atoms with Crippen LogP contribution < -0.4 is 15.2 Å². The SMILES string of the molecule is Nc1ccc(S(=O)(=O)NCc2ccc(OCc3ccc(Cl)cc3)cc2)cc1. The molecule has 0 aliphatic heterocycles. The average Bonchev–Trinajstić information content (AvgIpc) is 2.67. The smallest absolute Gasteiger partial charge is 0.240 e. The second kappa shape index (κ2) is 8.43. The van der Waals surface area contributed by atoms with E-state index in [4.69, 9.17) is 22.1 Å².